The van der Waals surface area contributed by atoms with Gasteiger partial charge in [0.1, 0.15) is 5.69 Å². The molecule has 1 aromatic heterocycles. The van der Waals surface area contributed by atoms with Gasteiger partial charge in [-0.3, -0.25) is 9.78 Å². The summed E-state index contributed by atoms with van der Waals surface area (Å²) in [5, 5.41) is 3.23. The normalized spacial score (nSPS) is 26.9. The van der Waals surface area contributed by atoms with E-state index in [1.165, 1.54) is 25.7 Å². The number of pyridine rings is 1. The third kappa shape index (κ3) is 3.04. The third-order valence-corrected chi connectivity index (χ3v) is 5.10. The Balaban J connectivity index is 1.62. The molecule has 2 aliphatic rings. The summed E-state index contributed by atoms with van der Waals surface area (Å²) in [7, 11) is 1.91. The zero-order valence-corrected chi connectivity index (χ0v) is 13.0. The van der Waals surface area contributed by atoms with Crippen molar-refractivity contribution in [2.24, 2.45) is 17.8 Å². The molecule has 2 aliphatic carbocycles. The van der Waals surface area contributed by atoms with Gasteiger partial charge in [0, 0.05) is 32.0 Å². The first-order valence-electron chi connectivity index (χ1n) is 8.12. The predicted molar refractivity (Wildman–Crippen MR) is 84.3 cm³/mol. The predicted octanol–water partition coefficient (Wildman–Crippen LogP) is 3.02. The zero-order valence-electron chi connectivity index (χ0n) is 13.0. The van der Waals surface area contributed by atoms with Crippen molar-refractivity contribution in [1.29, 1.82) is 0 Å². The van der Waals surface area contributed by atoms with Crippen molar-refractivity contribution < 1.29 is 4.79 Å². The third-order valence-electron chi connectivity index (χ3n) is 5.10. The first-order valence-corrected chi connectivity index (χ1v) is 8.12. The van der Waals surface area contributed by atoms with Crippen LogP contribution in [0.5, 0.6) is 0 Å². The van der Waals surface area contributed by atoms with Gasteiger partial charge in [-0.25, -0.2) is 0 Å². The maximum atomic E-state index is 12.5. The molecule has 1 aromatic rings. The van der Waals surface area contributed by atoms with Crippen LogP contribution in [0.2, 0.25) is 0 Å². The minimum Gasteiger partial charge on any atom is -0.385 e. The molecule has 2 saturated carbocycles. The monoisotopic (exact) mass is 287 g/mol. The Kier molecular flexibility index (Phi) is 4.13. The standard InChI is InChI=1S/C17H25N3O/c1-3-18-15-6-7-19-16(10-15)17(21)20(2)11-14-9-12-4-5-13(14)8-12/h6-7,10,12-14H,3-5,8-9,11H2,1-2H3,(H,18,19). The minimum absolute atomic E-state index is 0.0394. The first kappa shape index (κ1) is 14.4. The van der Waals surface area contributed by atoms with Crippen molar-refractivity contribution in [3.63, 3.8) is 0 Å². The van der Waals surface area contributed by atoms with Gasteiger partial charge in [0.25, 0.3) is 5.91 Å². The van der Waals surface area contributed by atoms with Gasteiger partial charge in [-0.05, 0) is 56.1 Å². The van der Waals surface area contributed by atoms with E-state index >= 15 is 0 Å². The smallest absolute Gasteiger partial charge is 0.272 e. The van der Waals surface area contributed by atoms with E-state index in [0.717, 1.165) is 30.6 Å². The number of nitrogens with one attached hydrogen (secondary N) is 1. The number of hydrogen-bond acceptors (Lipinski definition) is 3. The molecule has 0 aromatic carbocycles. The van der Waals surface area contributed by atoms with Gasteiger partial charge in [-0.1, -0.05) is 6.42 Å². The summed E-state index contributed by atoms with van der Waals surface area (Å²) in [4.78, 5) is 18.6. The van der Waals surface area contributed by atoms with Crippen molar-refractivity contribution in [1.82, 2.24) is 9.88 Å². The number of amides is 1. The lowest BCUT2D eigenvalue weighted by Crippen LogP contribution is -2.34. The van der Waals surface area contributed by atoms with Crippen LogP contribution in [-0.4, -0.2) is 35.9 Å². The molecular formula is C17H25N3O. The molecule has 0 radical (unpaired) electrons. The number of hydrogen-bond donors (Lipinski definition) is 1. The Morgan fingerprint density at radius 3 is 2.95 bits per heavy atom. The number of nitrogens with zero attached hydrogens (tertiary/aromatic N) is 2. The second kappa shape index (κ2) is 6.04. The minimum atomic E-state index is 0.0394. The highest BCUT2D eigenvalue weighted by atomic mass is 16.2. The van der Waals surface area contributed by atoms with Crippen LogP contribution >= 0.6 is 0 Å². The highest BCUT2D eigenvalue weighted by Gasteiger charge is 2.40. The van der Waals surface area contributed by atoms with E-state index in [1.54, 1.807) is 6.20 Å². The second-order valence-corrected chi connectivity index (χ2v) is 6.58. The summed E-state index contributed by atoms with van der Waals surface area (Å²) in [6.45, 7) is 3.77. The Morgan fingerprint density at radius 1 is 1.43 bits per heavy atom. The number of fused-ring (bicyclic) bond motifs is 2. The first-order chi connectivity index (χ1) is 10.2. The lowest BCUT2D eigenvalue weighted by atomic mass is 9.88. The molecule has 3 unspecified atom stereocenters. The number of anilines is 1. The van der Waals surface area contributed by atoms with Crippen molar-refractivity contribution in [3.8, 4) is 0 Å². The summed E-state index contributed by atoms with van der Waals surface area (Å²) in [5.41, 5.74) is 1.50. The molecule has 0 spiro atoms. The molecule has 3 rings (SSSR count). The molecule has 114 valence electrons. The highest BCUT2D eigenvalue weighted by molar-refractivity contribution is 5.93. The van der Waals surface area contributed by atoms with E-state index < -0.39 is 0 Å². The van der Waals surface area contributed by atoms with Crippen LogP contribution in [0.4, 0.5) is 5.69 Å². The number of rotatable bonds is 5. The Hall–Kier alpha value is -1.58. The fraction of sp³-hybridized carbons (Fsp3) is 0.647. The molecule has 0 saturated heterocycles. The van der Waals surface area contributed by atoms with Crippen LogP contribution in [-0.2, 0) is 0 Å². The molecule has 1 amide bonds. The number of carbonyl (C=O) groups is 1. The highest BCUT2D eigenvalue weighted by Crippen LogP contribution is 2.48. The molecule has 2 bridgehead atoms. The van der Waals surface area contributed by atoms with E-state index in [-0.39, 0.29) is 5.91 Å². The maximum absolute atomic E-state index is 12.5. The molecule has 4 heteroatoms. The van der Waals surface area contributed by atoms with Gasteiger partial charge >= 0.3 is 0 Å². The summed E-state index contributed by atoms with van der Waals surface area (Å²) in [6, 6.07) is 3.75. The van der Waals surface area contributed by atoms with E-state index in [4.69, 9.17) is 0 Å². The lowest BCUT2D eigenvalue weighted by molar-refractivity contribution is 0.0748. The van der Waals surface area contributed by atoms with E-state index in [1.807, 2.05) is 31.0 Å². The Labute approximate surface area is 126 Å². The molecule has 21 heavy (non-hydrogen) atoms. The SMILES string of the molecule is CCNc1ccnc(C(=O)N(C)CC2CC3CCC2C3)c1. The summed E-state index contributed by atoms with van der Waals surface area (Å²) in [6.07, 6.45) is 7.18. The largest absolute Gasteiger partial charge is 0.385 e. The van der Waals surface area contributed by atoms with E-state index in [2.05, 4.69) is 10.3 Å². The lowest BCUT2D eigenvalue weighted by Gasteiger charge is -2.27. The molecular weight excluding hydrogens is 262 g/mol. The fourth-order valence-corrected chi connectivity index (χ4v) is 4.09. The van der Waals surface area contributed by atoms with Crippen LogP contribution in [0.1, 0.15) is 43.1 Å². The van der Waals surface area contributed by atoms with Crippen LogP contribution in [0.15, 0.2) is 18.3 Å². The van der Waals surface area contributed by atoms with Crippen LogP contribution < -0.4 is 5.32 Å². The quantitative estimate of drug-likeness (QED) is 0.905. The van der Waals surface area contributed by atoms with Gasteiger partial charge in [0.05, 0.1) is 0 Å². The van der Waals surface area contributed by atoms with Crippen molar-refractivity contribution in [3.05, 3.63) is 24.0 Å². The van der Waals surface area contributed by atoms with Gasteiger partial charge in [-0.2, -0.15) is 0 Å². The number of carbonyl (C=O) groups excluding carboxylic acids is 1. The zero-order chi connectivity index (χ0) is 14.8. The fourth-order valence-electron chi connectivity index (χ4n) is 4.09. The van der Waals surface area contributed by atoms with Crippen LogP contribution in [0, 0.1) is 17.8 Å². The second-order valence-electron chi connectivity index (χ2n) is 6.58. The van der Waals surface area contributed by atoms with E-state index in [0.29, 0.717) is 11.6 Å². The number of aromatic nitrogens is 1. The van der Waals surface area contributed by atoms with Crippen LogP contribution in [0.3, 0.4) is 0 Å². The molecule has 1 N–H and O–H groups in total. The van der Waals surface area contributed by atoms with Gasteiger partial charge in [0.15, 0.2) is 0 Å². The van der Waals surface area contributed by atoms with Crippen LogP contribution in [0.25, 0.3) is 0 Å². The average molecular weight is 287 g/mol. The topological polar surface area (TPSA) is 45.2 Å². The van der Waals surface area contributed by atoms with E-state index in [9.17, 15) is 4.79 Å². The van der Waals surface area contributed by atoms with Gasteiger partial charge < -0.3 is 10.2 Å². The Morgan fingerprint density at radius 2 is 2.29 bits per heavy atom. The molecule has 2 fully saturated rings. The summed E-state index contributed by atoms with van der Waals surface area (Å²) >= 11 is 0. The summed E-state index contributed by atoms with van der Waals surface area (Å²) in [5.74, 6) is 2.53. The molecule has 4 nitrogen and oxygen atoms in total. The molecule has 1 heterocycles. The maximum Gasteiger partial charge on any atom is 0.272 e. The van der Waals surface area contributed by atoms with Crippen molar-refractivity contribution >= 4 is 11.6 Å². The average Bonchev–Trinajstić information content (AvgIpc) is 3.09. The Bertz CT molecular complexity index is 517. The summed E-state index contributed by atoms with van der Waals surface area (Å²) < 4.78 is 0. The van der Waals surface area contributed by atoms with Gasteiger partial charge in [0.2, 0.25) is 0 Å². The van der Waals surface area contributed by atoms with Crippen molar-refractivity contribution in [2.75, 3.05) is 25.5 Å². The van der Waals surface area contributed by atoms with Crippen molar-refractivity contribution in [2.45, 2.75) is 32.6 Å². The molecule has 3 atom stereocenters. The van der Waals surface area contributed by atoms with Gasteiger partial charge in [-0.15, -0.1) is 0 Å². The molecule has 0 aliphatic heterocycles.